The van der Waals surface area contributed by atoms with Gasteiger partial charge in [0.05, 0.1) is 19.4 Å². The van der Waals surface area contributed by atoms with E-state index in [1.807, 2.05) is 13.7 Å². The van der Waals surface area contributed by atoms with Crippen molar-refractivity contribution in [1.82, 2.24) is 10.5 Å². The molecule has 2 N–H and O–H groups in total. The summed E-state index contributed by atoms with van der Waals surface area (Å²) in [6.07, 6.45) is 2.38. The Balaban J connectivity index is 0.000000662. The van der Waals surface area contributed by atoms with Gasteiger partial charge in [0.25, 0.3) is 0 Å². The number of aryl methyl sites for hydroxylation is 1. The molecule has 1 aliphatic rings. The van der Waals surface area contributed by atoms with Crippen molar-refractivity contribution in [2.45, 2.75) is 58.8 Å². The first-order valence-corrected chi connectivity index (χ1v) is 16.2. The predicted molar refractivity (Wildman–Crippen MR) is 126 cm³/mol. The molecular weight excluding hydrogens is 476 g/mol. The van der Waals surface area contributed by atoms with Crippen LogP contribution in [0.1, 0.15) is 51.7 Å². The van der Waals surface area contributed by atoms with E-state index in [1.54, 1.807) is 0 Å². The van der Waals surface area contributed by atoms with E-state index < -0.39 is 19.5 Å². The van der Waals surface area contributed by atoms with E-state index in [1.165, 1.54) is 12.0 Å². The van der Waals surface area contributed by atoms with Crippen LogP contribution in [-0.2, 0) is 16.1 Å². The molecule has 1 heterocycles. The minimum atomic E-state index is -1.62. The summed E-state index contributed by atoms with van der Waals surface area (Å²) in [6, 6.07) is 8.50. The van der Waals surface area contributed by atoms with Crippen molar-refractivity contribution >= 4 is 44.1 Å². The zero-order valence-electron chi connectivity index (χ0n) is 17.6. The maximum atomic E-state index is 4.93. The van der Waals surface area contributed by atoms with Crippen molar-refractivity contribution in [3.8, 4) is 0 Å². The monoisotopic (exact) mass is 508 g/mol. The van der Waals surface area contributed by atoms with Crippen LogP contribution in [0, 0.1) is 13.5 Å². The normalized spacial score (nSPS) is 14.0. The topological polar surface area (TPSA) is 45.7 Å². The summed E-state index contributed by atoms with van der Waals surface area (Å²) in [5.41, 5.74) is 6.65. The molecule has 162 valence electrons. The van der Waals surface area contributed by atoms with Gasteiger partial charge >= 0.3 is 41.5 Å². The van der Waals surface area contributed by atoms with Crippen LogP contribution in [0.25, 0.3) is 0 Å². The molecule has 0 unspecified atom stereocenters. The van der Waals surface area contributed by atoms with Gasteiger partial charge in [-0.2, -0.15) is 11.5 Å². The van der Waals surface area contributed by atoms with Gasteiger partial charge in [-0.1, -0.05) is 36.2 Å². The molecule has 4 nitrogen and oxygen atoms in total. The molecule has 9 heteroatoms. The average Bonchev–Trinajstić information content (AvgIpc) is 3.18. The number of hydrogen-bond donors (Lipinski definition) is 2. The van der Waals surface area contributed by atoms with Crippen molar-refractivity contribution in [3.05, 3.63) is 42.0 Å². The number of ether oxygens (including phenoxy) is 1. The number of halogens is 3. The SMILES string of the molecule is CNN=C(N[PH+](C(C)C)C(C)C)c1ccc(C)cc1.[CH-]1CCCO1.[Cl][Cr+]([Cl])[Cl]. The minimum absolute atomic E-state index is 0.664. The van der Waals surface area contributed by atoms with Gasteiger partial charge in [-0.25, -0.2) is 11.7 Å². The first-order chi connectivity index (χ1) is 13.2. The first kappa shape index (κ1) is 28.3. The fourth-order valence-corrected chi connectivity index (χ4v) is 4.88. The fourth-order valence-electron chi connectivity index (χ4n) is 2.50. The number of nitrogens with zero attached hydrogens (tertiary/aromatic N) is 1. The second-order valence-corrected chi connectivity index (χ2v) is 16.6. The number of rotatable bonds is 5. The van der Waals surface area contributed by atoms with Crippen LogP contribution in [0.2, 0.25) is 0 Å². The Labute approximate surface area is 189 Å². The molecule has 0 amide bonds. The molecule has 1 aliphatic heterocycles. The molecule has 0 spiro atoms. The van der Waals surface area contributed by atoms with Gasteiger partial charge in [0.1, 0.15) is 0 Å². The van der Waals surface area contributed by atoms with Crippen molar-refractivity contribution in [3.63, 3.8) is 0 Å². The summed E-state index contributed by atoms with van der Waals surface area (Å²) in [7, 11) is 16.0. The average molecular weight is 510 g/mol. The molecule has 0 aliphatic carbocycles. The van der Waals surface area contributed by atoms with Gasteiger partial charge in [-0.15, -0.1) is 0 Å². The van der Waals surface area contributed by atoms with Crippen molar-refractivity contribution in [1.29, 1.82) is 0 Å². The molecular formula is C19H34Cl3CrN3OP+. The van der Waals surface area contributed by atoms with E-state index in [0.29, 0.717) is 11.3 Å². The third-order valence-corrected chi connectivity index (χ3v) is 6.77. The van der Waals surface area contributed by atoms with Gasteiger partial charge < -0.3 is 10.2 Å². The van der Waals surface area contributed by atoms with Gasteiger partial charge in [0, 0.05) is 19.2 Å². The molecule has 1 aromatic rings. The molecule has 1 fully saturated rings. The Kier molecular flexibility index (Phi) is 17.2. The fraction of sp³-hybridized carbons (Fsp3) is 0.579. The Morgan fingerprint density at radius 3 is 2.00 bits per heavy atom. The van der Waals surface area contributed by atoms with E-state index in [4.69, 9.17) is 34.9 Å². The van der Waals surface area contributed by atoms with Gasteiger partial charge in [-0.3, -0.25) is 0 Å². The molecule has 0 radical (unpaired) electrons. The zero-order chi connectivity index (χ0) is 21.5. The molecule has 1 aromatic carbocycles. The zero-order valence-corrected chi connectivity index (χ0v) is 22.1. The van der Waals surface area contributed by atoms with Gasteiger partial charge in [0.15, 0.2) is 5.84 Å². The molecule has 28 heavy (non-hydrogen) atoms. The Hall–Kier alpha value is 0.282. The van der Waals surface area contributed by atoms with Crippen LogP contribution in [0.5, 0.6) is 0 Å². The maximum absolute atomic E-state index is 4.93. The van der Waals surface area contributed by atoms with E-state index in [9.17, 15) is 0 Å². The quantitative estimate of drug-likeness (QED) is 0.158. The van der Waals surface area contributed by atoms with E-state index >= 15 is 0 Å². The van der Waals surface area contributed by atoms with E-state index in [2.05, 4.69) is 74.5 Å². The Morgan fingerprint density at radius 1 is 1.14 bits per heavy atom. The molecule has 0 aromatic heterocycles. The van der Waals surface area contributed by atoms with Crippen LogP contribution in [-0.4, -0.2) is 30.8 Å². The van der Waals surface area contributed by atoms with Gasteiger partial charge in [0.2, 0.25) is 0 Å². The number of hydrogen-bond acceptors (Lipinski definition) is 3. The molecule has 2 rings (SSSR count). The van der Waals surface area contributed by atoms with Crippen LogP contribution in [0.4, 0.5) is 0 Å². The second kappa shape index (κ2) is 17.0. The van der Waals surface area contributed by atoms with Crippen LogP contribution >= 0.6 is 38.2 Å². The van der Waals surface area contributed by atoms with Crippen molar-refractivity contribution in [2.24, 2.45) is 5.10 Å². The number of nitrogens with one attached hydrogen (secondary N) is 2. The summed E-state index contributed by atoms with van der Waals surface area (Å²) in [4.78, 5) is 0. The molecule has 1 saturated heterocycles. The summed E-state index contributed by atoms with van der Waals surface area (Å²) in [5, 5.41) is 8.09. The van der Waals surface area contributed by atoms with Crippen LogP contribution in [0.3, 0.4) is 0 Å². The Morgan fingerprint density at radius 2 is 1.68 bits per heavy atom. The molecule has 0 saturated carbocycles. The second-order valence-electron chi connectivity index (χ2n) is 6.79. The summed E-state index contributed by atoms with van der Waals surface area (Å²) in [5.74, 6) is 0.957. The number of amidine groups is 1. The summed E-state index contributed by atoms with van der Waals surface area (Å²) < 4.78 is 4.82. The third kappa shape index (κ3) is 14.3. The molecule has 0 bridgehead atoms. The Bertz CT molecular complexity index is 523. The third-order valence-electron chi connectivity index (χ3n) is 3.76. The first-order valence-electron chi connectivity index (χ1n) is 9.30. The van der Waals surface area contributed by atoms with Crippen molar-refractivity contribution in [2.75, 3.05) is 13.7 Å². The summed E-state index contributed by atoms with van der Waals surface area (Å²) in [6.45, 7) is 14.0. The van der Waals surface area contributed by atoms with Crippen molar-refractivity contribution < 1.29 is 16.1 Å². The summed E-state index contributed by atoms with van der Waals surface area (Å²) >= 11 is -1.62. The predicted octanol–water partition coefficient (Wildman–Crippen LogP) is 6.44. The number of hydrazone groups is 1. The molecule has 0 atom stereocenters. The van der Waals surface area contributed by atoms with Crippen LogP contribution in [0.15, 0.2) is 29.4 Å². The van der Waals surface area contributed by atoms with Gasteiger partial charge in [-0.05, 0) is 34.6 Å². The number of benzene rings is 1. The van der Waals surface area contributed by atoms with E-state index in [0.717, 1.165) is 24.4 Å². The van der Waals surface area contributed by atoms with E-state index in [-0.39, 0.29) is 0 Å². The standard InChI is InChI=1S/C15H26N3P.C4H7O.3ClH.Cr/c1-11(2)19(12(3)4)18-15(17-16-6)14-9-7-13(5)8-10-14;1-2-4-5-3-1;;;;/h7-12,16H,1-6H3,(H,17,18);3H,1-2,4H2;3*1H;/q;-1;;;;+4/p-2. The van der Waals surface area contributed by atoms with Crippen LogP contribution < -0.4 is 10.5 Å².